The third kappa shape index (κ3) is 4.56. The molecule has 2 saturated heterocycles. The zero-order chi connectivity index (χ0) is 26.7. The summed E-state index contributed by atoms with van der Waals surface area (Å²) >= 11 is 0. The lowest BCUT2D eigenvalue weighted by Gasteiger charge is -2.46. The zero-order valence-electron chi connectivity index (χ0n) is 23.5. The predicted octanol–water partition coefficient (Wildman–Crippen LogP) is 5.92. The van der Waals surface area contributed by atoms with Gasteiger partial charge in [0.1, 0.15) is 0 Å². The molecule has 7 nitrogen and oxygen atoms in total. The highest BCUT2D eigenvalue weighted by atomic mass is 31.2. The molecule has 3 heterocycles. The van der Waals surface area contributed by atoms with Crippen molar-refractivity contribution in [3.05, 3.63) is 34.6 Å². The van der Waals surface area contributed by atoms with Gasteiger partial charge in [-0.15, -0.1) is 0 Å². The maximum atomic E-state index is 14.2. The van der Waals surface area contributed by atoms with Crippen molar-refractivity contribution in [1.29, 1.82) is 0 Å². The van der Waals surface area contributed by atoms with E-state index < -0.39 is 7.60 Å². The average Bonchev–Trinajstić information content (AvgIpc) is 3.03. The van der Waals surface area contributed by atoms with E-state index in [1.807, 2.05) is 28.8 Å². The molecular weight excluding hydrogens is 509 g/mol. The monoisotopic (exact) mass is 553 g/mol. The molecule has 1 aromatic carbocycles. The van der Waals surface area contributed by atoms with Gasteiger partial charge in [0.05, 0.1) is 24.2 Å². The molecule has 0 radical (unpaired) electrons. The van der Waals surface area contributed by atoms with Crippen LogP contribution in [0.1, 0.15) is 84.1 Å². The van der Waals surface area contributed by atoms with E-state index in [4.69, 9.17) is 9.05 Å². The molecule has 2 aliphatic heterocycles. The van der Waals surface area contributed by atoms with E-state index in [0.717, 1.165) is 42.0 Å². The van der Waals surface area contributed by atoms with Gasteiger partial charge in [-0.25, -0.2) is 4.98 Å². The van der Waals surface area contributed by atoms with Crippen LogP contribution in [0.5, 0.6) is 0 Å². The van der Waals surface area contributed by atoms with Crippen molar-refractivity contribution in [2.75, 3.05) is 19.8 Å². The molecule has 5 fully saturated rings. The molecule has 4 bridgehead atoms. The van der Waals surface area contributed by atoms with Gasteiger partial charge in [-0.2, -0.15) is 0 Å². The number of fused-ring (bicyclic) bond motifs is 5. The highest BCUT2D eigenvalue weighted by Gasteiger charge is 2.52. The molecule has 5 aliphatic rings. The summed E-state index contributed by atoms with van der Waals surface area (Å²) in [6.07, 6.45) is 12.9. The van der Waals surface area contributed by atoms with E-state index >= 15 is 0 Å². The first-order valence-electron chi connectivity index (χ1n) is 15.6. The molecular formula is C31H44N3O4P. The lowest BCUT2D eigenvalue weighted by molar-refractivity contribution is 0.0337. The normalized spacial score (nSPS) is 36.4. The Hall–Kier alpha value is -1.53. The Morgan fingerprint density at radius 3 is 2.46 bits per heavy atom. The maximum absolute atomic E-state index is 14.2. The number of para-hydroxylation sites is 2. The molecule has 0 amide bonds. The third-order valence-corrected chi connectivity index (χ3v) is 13.0. The first kappa shape index (κ1) is 26.4. The van der Waals surface area contributed by atoms with Gasteiger partial charge in [-0.1, -0.05) is 18.6 Å². The van der Waals surface area contributed by atoms with Gasteiger partial charge in [0.15, 0.2) is 0 Å². The molecule has 8 heteroatoms. The first-order valence-corrected chi connectivity index (χ1v) is 17.2. The number of aromatic nitrogens is 2. The third-order valence-electron chi connectivity index (χ3n) is 10.9. The summed E-state index contributed by atoms with van der Waals surface area (Å²) in [4.78, 5) is 21.8. The highest BCUT2D eigenvalue weighted by Crippen LogP contribution is 2.59. The maximum Gasteiger partial charge on any atom is 0.385 e. The Balaban J connectivity index is 1.26. The van der Waals surface area contributed by atoms with E-state index in [-0.39, 0.29) is 30.2 Å². The summed E-state index contributed by atoms with van der Waals surface area (Å²) in [7, 11) is -3.83. The van der Waals surface area contributed by atoms with Crippen LogP contribution in [0, 0.1) is 29.6 Å². The fourth-order valence-electron chi connectivity index (χ4n) is 9.48. The Morgan fingerprint density at radius 1 is 0.872 bits per heavy atom. The summed E-state index contributed by atoms with van der Waals surface area (Å²) in [5.74, 6) is 4.51. The van der Waals surface area contributed by atoms with Gasteiger partial charge in [-0.3, -0.25) is 14.3 Å². The average molecular weight is 554 g/mol. The van der Waals surface area contributed by atoms with E-state index in [0.29, 0.717) is 23.5 Å². The highest BCUT2D eigenvalue weighted by molar-refractivity contribution is 7.61. The van der Waals surface area contributed by atoms with Crippen LogP contribution in [0.25, 0.3) is 11.0 Å². The zero-order valence-corrected chi connectivity index (χ0v) is 24.4. The Labute approximate surface area is 232 Å². The van der Waals surface area contributed by atoms with Crippen LogP contribution in [0.2, 0.25) is 0 Å². The quantitative estimate of drug-likeness (QED) is 0.397. The van der Waals surface area contributed by atoms with Crippen molar-refractivity contribution in [1.82, 2.24) is 14.5 Å². The summed E-state index contributed by atoms with van der Waals surface area (Å²) in [5, 5.41) is 0. The summed E-state index contributed by atoms with van der Waals surface area (Å²) in [6, 6.07) is 9.05. The van der Waals surface area contributed by atoms with Crippen molar-refractivity contribution >= 4 is 24.1 Å². The molecule has 8 atom stereocenters. The molecule has 1 aromatic heterocycles. The molecule has 3 aliphatic carbocycles. The van der Waals surface area contributed by atoms with E-state index in [9.17, 15) is 9.36 Å². The number of rotatable bonds is 7. The Morgan fingerprint density at radius 2 is 1.64 bits per heavy atom. The lowest BCUT2D eigenvalue weighted by atomic mass is 9.64. The second-order valence-corrected chi connectivity index (χ2v) is 15.0. The van der Waals surface area contributed by atoms with Gasteiger partial charge < -0.3 is 13.6 Å². The number of hydrogen-bond acceptors (Lipinski definition) is 6. The predicted molar refractivity (Wildman–Crippen MR) is 153 cm³/mol. The van der Waals surface area contributed by atoms with Crippen molar-refractivity contribution in [2.45, 2.75) is 96.2 Å². The van der Waals surface area contributed by atoms with Gasteiger partial charge in [-0.05, 0) is 113 Å². The fraction of sp³-hybridized carbons (Fsp3) is 0.742. The van der Waals surface area contributed by atoms with Crippen LogP contribution in [-0.4, -0.2) is 46.3 Å². The molecule has 3 saturated carbocycles. The van der Waals surface area contributed by atoms with Crippen LogP contribution in [0.15, 0.2) is 29.1 Å². The smallest absolute Gasteiger partial charge is 0.304 e. The van der Waals surface area contributed by atoms with Gasteiger partial charge in [0.25, 0.3) is 5.56 Å². The second kappa shape index (κ2) is 10.4. The Bertz CT molecular complexity index is 1310. The van der Waals surface area contributed by atoms with Crippen LogP contribution in [0.4, 0.5) is 0 Å². The van der Waals surface area contributed by atoms with Crippen LogP contribution >= 0.6 is 7.60 Å². The summed E-state index contributed by atoms with van der Waals surface area (Å²) in [5.41, 5.74) is 1.14. The van der Waals surface area contributed by atoms with Crippen LogP contribution in [0.3, 0.4) is 0 Å². The summed E-state index contributed by atoms with van der Waals surface area (Å²) in [6.45, 7) is 5.10. The van der Waals surface area contributed by atoms with E-state index in [2.05, 4.69) is 9.88 Å². The molecule has 0 spiro atoms. The first-order chi connectivity index (χ1) is 19.0. The molecule has 212 valence electrons. The second-order valence-electron chi connectivity index (χ2n) is 13.1. The van der Waals surface area contributed by atoms with Crippen molar-refractivity contribution in [3.63, 3.8) is 0 Å². The molecule has 8 unspecified atom stereocenters. The molecule has 2 aromatic rings. The number of nitrogens with zero attached hydrogens (tertiary/aromatic N) is 3. The van der Waals surface area contributed by atoms with Crippen molar-refractivity contribution in [3.8, 4) is 0 Å². The van der Waals surface area contributed by atoms with Crippen LogP contribution in [-0.2, 0) is 13.6 Å². The van der Waals surface area contributed by atoms with E-state index in [1.54, 1.807) is 13.8 Å². The number of benzene rings is 1. The molecule has 7 rings (SSSR count). The van der Waals surface area contributed by atoms with Gasteiger partial charge in [0.2, 0.25) is 5.44 Å². The minimum absolute atomic E-state index is 0.0523. The van der Waals surface area contributed by atoms with Crippen molar-refractivity contribution < 1.29 is 13.6 Å². The molecule has 0 N–H and O–H groups in total. The molecule has 39 heavy (non-hydrogen) atoms. The van der Waals surface area contributed by atoms with Crippen molar-refractivity contribution in [2.24, 2.45) is 29.6 Å². The minimum atomic E-state index is -3.83. The lowest BCUT2D eigenvalue weighted by Crippen LogP contribution is -2.47. The SMILES string of the molecule is CCOP(=O)(OCC)c1nc2ccccc2n(C2CC3CCCC(C2)N(C2CC4CC5CC(C2)C5C4)C3)c1=O. The standard InChI is InChI=1S/C31H44N3O4P/c1-3-37-39(36,38-4-2)30-31(35)34(29-11-6-5-10-28(29)32-30)26-13-20-8-7-9-24(18-26)33(19-20)25-14-21-12-22-16-23(17-25)27(22)15-21/h5-6,10-11,20-27H,3-4,7-9,12-19H2,1-2H3. The van der Waals surface area contributed by atoms with E-state index in [1.165, 1.54) is 57.9 Å². The Kier molecular flexibility index (Phi) is 7.02. The topological polar surface area (TPSA) is 73.7 Å². The number of hydrogen-bond donors (Lipinski definition) is 0. The largest absolute Gasteiger partial charge is 0.385 e. The van der Waals surface area contributed by atoms with Gasteiger partial charge >= 0.3 is 7.60 Å². The van der Waals surface area contributed by atoms with Gasteiger partial charge in [0, 0.05) is 24.7 Å². The fourth-order valence-corrected chi connectivity index (χ4v) is 11.1. The minimum Gasteiger partial charge on any atom is -0.304 e. The summed E-state index contributed by atoms with van der Waals surface area (Å²) < 4.78 is 27.0. The van der Waals surface area contributed by atoms with Crippen LogP contribution < -0.4 is 11.0 Å².